The lowest BCUT2D eigenvalue weighted by Gasteiger charge is -2.42. The highest BCUT2D eigenvalue weighted by molar-refractivity contribution is 5.55. The molecule has 0 atom stereocenters. The lowest BCUT2D eigenvalue weighted by atomic mass is 9.75. The van der Waals surface area contributed by atoms with Gasteiger partial charge in [-0.25, -0.2) is 4.98 Å². The van der Waals surface area contributed by atoms with Crippen molar-refractivity contribution in [2.75, 3.05) is 17.7 Å². The van der Waals surface area contributed by atoms with Gasteiger partial charge in [0.1, 0.15) is 11.6 Å². The van der Waals surface area contributed by atoms with Crippen LogP contribution < -0.4 is 10.6 Å². The Labute approximate surface area is 106 Å². The lowest BCUT2D eigenvalue weighted by Crippen LogP contribution is -2.44. The number of aromatic nitrogens is 1. The molecule has 1 aliphatic carbocycles. The molecule has 1 saturated carbocycles. The fourth-order valence-corrected chi connectivity index (χ4v) is 2.26. The van der Waals surface area contributed by atoms with Crippen molar-refractivity contribution >= 4 is 17.3 Å². The van der Waals surface area contributed by atoms with Crippen molar-refractivity contribution in [2.45, 2.75) is 38.1 Å². The molecule has 0 spiro atoms. The maximum absolute atomic E-state index is 10.9. The summed E-state index contributed by atoms with van der Waals surface area (Å²) in [6.07, 6.45) is 4.41. The number of anilines is 2. The van der Waals surface area contributed by atoms with Crippen LogP contribution in [0, 0.1) is 10.1 Å². The molecular weight excluding hydrogens is 232 g/mol. The Balaban J connectivity index is 2.26. The molecule has 1 aliphatic rings. The van der Waals surface area contributed by atoms with Gasteiger partial charge in [-0.05, 0) is 25.7 Å². The highest BCUT2D eigenvalue weighted by atomic mass is 16.6. The van der Waals surface area contributed by atoms with Crippen LogP contribution in [-0.2, 0) is 0 Å². The number of rotatable bonds is 5. The smallest absolute Gasteiger partial charge is 0.276 e. The van der Waals surface area contributed by atoms with Crippen molar-refractivity contribution in [3.63, 3.8) is 0 Å². The fourth-order valence-electron chi connectivity index (χ4n) is 2.26. The van der Waals surface area contributed by atoms with Crippen LogP contribution >= 0.6 is 0 Å². The summed E-state index contributed by atoms with van der Waals surface area (Å²) in [5, 5.41) is 17.1. The Morgan fingerprint density at radius 1 is 1.44 bits per heavy atom. The monoisotopic (exact) mass is 250 g/mol. The summed E-state index contributed by atoms with van der Waals surface area (Å²) in [6.45, 7) is 2.13. The SMILES string of the molecule is CCC1(Nc2cc([N+](=O)[O-])cc(NC)n2)CCC1. The average molecular weight is 250 g/mol. The van der Waals surface area contributed by atoms with Gasteiger partial charge in [0.05, 0.1) is 17.1 Å². The predicted octanol–water partition coefficient (Wildman–Crippen LogP) is 2.78. The van der Waals surface area contributed by atoms with Crippen LogP contribution in [0.3, 0.4) is 0 Å². The van der Waals surface area contributed by atoms with E-state index >= 15 is 0 Å². The molecule has 0 saturated heterocycles. The lowest BCUT2D eigenvalue weighted by molar-refractivity contribution is -0.384. The van der Waals surface area contributed by atoms with E-state index in [4.69, 9.17) is 0 Å². The normalized spacial score (nSPS) is 16.8. The van der Waals surface area contributed by atoms with Gasteiger partial charge in [-0.15, -0.1) is 0 Å². The minimum Gasteiger partial charge on any atom is -0.373 e. The fraction of sp³-hybridized carbons (Fsp3) is 0.583. The Morgan fingerprint density at radius 3 is 2.56 bits per heavy atom. The van der Waals surface area contributed by atoms with Crippen LogP contribution in [0.1, 0.15) is 32.6 Å². The summed E-state index contributed by atoms with van der Waals surface area (Å²) in [5.41, 5.74) is 0.134. The molecule has 6 heteroatoms. The van der Waals surface area contributed by atoms with E-state index in [1.807, 2.05) is 0 Å². The third kappa shape index (κ3) is 2.37. The number of nitrogens with zero attached hydrogens (tertiary/aromatic N) is 2. The third-order valence-corrected chi connectivity index (χ3v) is 3.66. The molecule has 0 bridgehead atoms. The van der Waals surface area contributed by atoms with Crippen molar-refractivity contribution in [1.82, 2.24) is 4.98 Å². The van der Waals surface area contributed by atoms with Crippen LogP contribution in [-0.4, -0.2) is 22.5 Å². The van der Waals surface area contributed by atoms with Gasteiger partial charge in [0.25, 0.3) is 5.69 Å². The molecule has 0 aromatic carbocycles. The first-order valence-electron chi connectivity index (χ1n) is 6.21. The van der Waals surface area contributed by atoms with E-state index in [1.165, 1.54) is 18.6 Å². The molecule has 0 radical (unpaired) electrons. The first kappa shape index (κ1) is 12.6. The minimum atomic E-state index is -0.396. The van der Waals surface area contributed by atoms with Crippen LogP contribution in [0.2, 0.25) is 0 Å². The third-order valence-electron chi connectivity index (χ3n) is 3.66. The van der Waals surface area contributed by atoms with Gasteiger partial charge < -0.3 is 10.6 Å². The van der Waals surface area contributed by atoms with Gasteiger partial charge >= 0.3 is 0 Å². The van der Waals surface area contributed by atoms with E-state index in [0.717, 1.165) is 19.3 Å². The summed E-state index contributed by atoms with van der Waals surface area (Å²) in [6, 6.07) is 2.93. The van der Waals surface area contributed by atoms with E-state index < -0.39 is 4.92 Å². The minimum absolute atomic E-state index is 0.0578. The van der Waals surface area contributed by atoms with E-state index in [2.05, 4.69) is 22.5 Å². The highest BCUT2D eigenvalue weighted by Crippen LogP contribution is 2.38. The van der Waals surface area contributed by atoms with Crippen molar-refractivity contribution < 1.29 is 4.92 Å². The van der Waals surface area contributed by atoms with Crippen molar-refractivity contribution in [2.24, 2.45) is 0 Å². The first-order chi connectivity index (χ1) is 8.58. The Bertz CT molecular complexity index is 452. The van der Waals surface area contributed by atoms with Crippen LogP contribution in [0.15, 0.2) is 12.1 Å². The molecule has 98 valence electrons. The first-order valence-corrected chi connectivity index (χ1v) is 6.21. The Kier molecular flexibility index (Phi) is 3.36. The summed E-state index contributed by atoms with van der Waals surface area (Å²) >= 11 is 0. The van der Waals surface area contributed by atoms with Crippen molar-refractivity contribution in [1.29, 1.82) is 0 Å². The molecule has 0 unspecified atom stereocenters. The van der Waals surface area contributed by atoms with Gasteiger partial charge in [-0.2, -0.15) is 0 Å². The topological polar surface area (TPSA) is 80.1 Å². The second-order valence-electron chi connectivity index (χ2n) is 4.72. The van der Waals surface area contributed by atoms with Gasteiger partial charge in [-0.1, -0.05) is 6.92 Å². The predicted molar refractivity (Wildman–Crippen MR) is 70.9 cm³/mol. The average Bonchev–Trinajstić information content (AvgIpc) is 2.33. The second kappa shape index (κ2) is 4.80. The zero-order chi connectivity index (χ0) is 13.2. The van der Waals surface area contributed by atoms with Gasteiger partial charge in [-0.3, -0.25) is 10.1 Å². The molecule has 1 aromatic heterocycles. The largest absolute Gasteiger partial charge is 0.373 e. The van der Waals surface area contributed by atoms with Crippen LogP contribution in [0.5, 0.6) is 0 Å². The zero-order valence-corrected chi connectivity index (χ0v) is 10.7. The van der Waals surface area contributed by atoms with Gasteiger partial charge in [0, 0.05) is 12.6 Å². The number of hydrogen-bond acceptors (Lipinski definition) is 5. The zero-order valence-electron chi connectivity index (χ0n) is 10.7. The quantitative estimate of drug-likeness (QED) is 0.620. The molecule has 1 heterocycles. The Morgan fingerprint density at radius 2 is 2.11 bits per heavy atom. The molecule has 0 amide bonds. The molecule has 0 aliphatic heterocycles. The molecule has 1 aromatic rings. The molecular formula is C12H18N4O2. The summed E-state index contributed by atoms with van der Waals surface area (Å²) < 4.78 is 0. The molecule has 2 rings (SSSR count). The van der Waals surface area contributed by atoms with Gasteiger partial charge in [0.15, 0.2) is 0 Å². The van der Waals surface area contributed by atoms with Crippen LogP contribution in [0.25, 0.3) is 0 Å². The number of hydrogen-bond donors (Lipinski definition) is 2. The summed E-state index contributed by atoms with van der Waals surface area (Å²) in [5.74, 6) is 1.09. The van der Waals surface area contributed by atoms with Crippen molar-refractivity contribution in [3.8, 4) is 0 Å². The number of nitro groups is 1. The molecule has 1 fully saturated rings. The molecule has 6 nitrogen and oxygen atoms in total. The van der Waals surface area contributed by atoms with E-state index in [9.17, 15) is 10.1 Å². The number of pyridine rings is 1. The van der Waals surface area contributed by atoms with Crippen LogP contribution in [0.4, 0.5) is 17.3 Å². The Hall–Kier alpha value is -1.85. The van der Waals surface area contributed by atoms with E-state index in [-0.39, 0.29) is 11.2 Å². The van der Waals surface area contributed by atoms with E-state index in [1.54, 1.807) is 7.05 Å². The standard InChI is InChI=1S/C12H18N4O2/c1-3-12(5-4-6-12)15-11-8-9(16(17)18)7-10(13-2)14-11/h7-8H,3-6H2,1-2H3,(H2,13,14,15). The van der Waals surface area contributed by atoms with E-state index in [0.29, 0.717) is 11.6 Å². The summed E-state index contributed by atoms with van der Waals surface area (Å²) in [4.78, 5) is 14.8. The van der Waals surface area contributed by atoms with Crippen molar-refractivity contribution in [3.05, 3.63) is 22.2 Å². The summed E-state index contributed by atoms with van der Waals surface area (Å²) in [7, 11) is 1.70. The highest BCUT2D eigenvalue weighted by Gasteiger charge is 2.35. The van der Waals surface area contributed by atoms with Gasteiger partial charge in [0.2, 0.25) is 0 Å². The molecule has 2 N–H and O–H groups in total. The number of nitrogens with one attached hydrogen (secondary N) is 2. The second-order valence-corrected chi connectivity index (χ2v) is 4.72. The molecule has 18 heavy (non-hydrogen) atoms. The maximum Gasteiger partial charge on any atom is 0.276 e. The maximum atomic E-state index is 10.9.